The first-order valence-corrected chi connectivity index (χ1v) is 17.5. The Hall–Kier alpha value is -4.08. The van der Waals surface area contributed by atoms with Crippen LogP contribution in [0.2, 0.25) is 0 Å². The Morgan fingerprint density at radius 3 is 1.02 bits per heavy atom. The number of rotatable bonds is 12. The highest BCUT2D eigenvalue weighted by Crippen LogP contribution is 2.36. The van der Waals surface area contributed by atoms with E-state index in [9.17, 15) is 0 Å². The molecular weight excluding hydrogens is 572 g/mol. The van der Waals surface area contributed by atoms with E-state index in [4.69, 9.17) is 20.0 Å². The van der Waals surface area contributed by atoms with Gasteiger partial charge in [0.15, 0.2) is 11.7 Å². The van der Waals surface area contributed by atoms with Crippen molar-refractivity contribution >= 4 is 46.4 Å². The van der Waals surface area contributed by atoms with Gasteiger partial charge in [0, 0.05) is 47.5 Å². The molecule has 3 aromatic heterocycles. The Kier molecular flexibility index (Phi) is 10.9. The number of amidine groups is 2. The molecule has 1 fully saturated rings. The van der Waals surface area contributed by atoms with Gasteiger partial charge < -0.3 is 20.3 Å². The number of nitrogens with zero attached hydrogens (tertiary/aromatic N) is 6. The van der Waals surface area contributed by atoms with Gasteiger partial charge in [-0.1, -0.05) is 80.1 Å². The van der Waals surface area contributed by atoms with Crippen LogP contribution in [0.5, 0.6) is 0 Å². The summed E-state index contributed by atoms with van der Waals surface area (Å²) in [5, 5.41) is 3.50. The van der Waals surface area contributed by atoms with Crippen molar-refractivity contribution in [3.8, 4) is 0 Å². The smallest absolute Gasteiger partial charge is 0.161 e. The minimum Gasteiger partial charge on any atom is -0.324 e. The van der Waals surface area contributed by atoms with Crippen molar-refractivity contribution in [2.45, 2.75) is 119 Å². The van der Waals surface area contributed by atoms with E-state index in [-0.39, 0.29) is 0 Å². The van der Waals surface area contributed by atoms with E-state index in [1.165, 1.54) is 33.4 Å². The number of H-pyrrole nitrogens is 3. The zero-order valence-corrected chi connectivity index (χ0v) is 29.2. The summed E-state index contributed by atoms with van der Waals surface area (Å²) in [5.74, 6) is 4.66. The molecule has 5 heterocycles. The molecule has 2 aliphatic heterocycles. The summed E-state index contributed by atoms with van der Waals surface area (Å²) in [6, 6.07) is 0. The molecule has 10 heteroatoms. The highest BCUT2D eigenvalue weighted by molar-refractivity contribution is 6.88. The van der Waals surface area contributed by atoms with Gasteiger partial charge >= 0.3 is 0 Å². The topological polar surface area (TPSA) is 134 Å². The molecule has 0 amide bonds. The summed E-state index contributed by atoms with van der Waals surface area (Å²) in [6.07, 6.45) is 11.6. The fraction of sp³-hybridized carbons (Fsp3) is 0.556. The van der Waals surface area contributed by atoms with Gasteiger partial charge in [0.1, 0.15) is 45.7 Å². The lowest BCUT2D eigenvalue weighted by Gasteiger charge is -2.05. The quantitative estimate of drug-likeness (QED) is 0.168. The van der Waals surface area contributed by atoms with Crippen LogP contribution < -0.4 is 16.3 Å². The predicted molar refractivity (Wildman–Crippen MR) is 192 cm³/mol. The molecule has 0 aromatic carbocycles. The molecule has 8 bridgehead atoms. The van der Waals surface area contributed by atoms with Gasteiger partial charge in [0.05, 0.1) is 0 Å². The minimum atomic E-state index is 0.642. The Morgan fingerprint density at radius 1 is 0.413 bits per heavy atom. The average molecular weight is 625 g/mol. The Morgan fingerprint density at radius 2 is 0.717 bits per heavy atom. The number of aromatic amines is 3. The molecule has 0 spiro atoms. The zero-order chi connectivity index (χ0) is 32.8. The van der Waals surface area contributed by atoms with Crippen molar-refractivity contribution in [2.75, 3.05) is 14.1 Å². The molecule has 46 heavy (non-hydrogen) atoms. The van der Waals surface area contributed by atoms with Gasteiger partial charge in [-0.2, -0.15) is 0 Å². The van der Waals surface area contributed by atoms with Gasteiger partial charge in [0.25, 0.3) is 0 Å². The van der Waals surface area contributed by atoms with E-state index >= 15 is 0 Å². The predicted octanol–water partition coefficient (Wildman–Crippen LogP) is 7.11. The molecular formula is C36H52N10. The third kappa shape index (κ3) is 6.31. The monoisotopic (exact) mass is 624 g/mol. The fourth-order valence-corrected chi connectivity index (χ4v) is 6.82. The van der Waals surface area contributed by atoms with Crippen molar-refractivity contribution in [2.24, 2.45) is 30.0 Å². The van der Waals surface area contributed by atoms with E-state index in [2.05, 4.69) is 71.8 Å². The lowest BCUT2D eigenvalue weighted by Crippen LogP contribution is -2.23. The maximum atomic E-state index is 5.36. The lowest BCUT2D eigenvalue weighted by atomic mass is 10.0. The van der Waals surface area contributed by atoms with Crippen LogP contribution in [-0.2, 0) is 38.5 Å². The van der Waals surface area contributed by atoms with Crippen LogP contribution >= 0.6 is 0 Å². The van der Waals surface area contributed by atoms with Crippen LogP contribution in [0.25, 0.3) is 0 Å². The van der Waals surface area contributed by atoms with Crippen molar-refractivity contribution in [3.05, 3.63) is 44.4 Å². The summed E-state index contributed by atoms with van der Waals surface area (Å²) in [5.41, 5.74) is 10.6. The molecule has 1 saturated heterocycles. The third-order valence-corrected chi connectivity index (χ3v) is 8.77. The van der Waals surface area contributed by atoms with E-state index in [0.717, 1.165) is 111 Å². The Balaban J connectivity index is 1.95. The number of nitrogens with one attached hydrogen (secondary N) is 4. The van der Waals surface area contributed by atoms with Gasteiger partial charge in [-0.15, -0.1) is 0 Å². The first-order chi connectivity index (χ1) is 22.5. The van der Waals surface area contributed by atoms with Crippen molar-refractivity contribution in [3.63, 3.8) is 0 Å². The maximum absolute atomic E-state index is 5.36. The van der Waals surface area contributed by atoms with Crippen molar-refractivity contribution in [1.29, 1.82) is 0 Å². The first kappa shape index (κ1) is 33.3. The molecule has 0 saturated carbocycles. The second kappa shape index (κ2) is 15.0. The number of fused-ring (bicyclic) bond motifs is 8. The van der Waals surface area contributed by atoms with Crippen molar-refractivity contribution < 1.29 is 0 Å². The van der Waals surface area contributed by atoms with E-state index < -0.39 is 0 Å². The first-order valence-electron chi connectivity index (χ1n) is 17.5. The average Bonchev–Trinajstić information content (AvgIpc) is 3.74. The van der Waals surface area contributed by atoms with Crippen LogP contribution in [-0.4, -0.2) is 52.1 Å². The second-order valence-electron chi connectivity index (χ2n) is 12.3. The summed E-state index contributed by atoms with van der Waals surface area (Å²) in [6.45, 7) is 13.3. The maximum Gasteiger partial charge on any atom is 0.161 e. The third-order valence-electron chi connectivity index (χ3n) is 8.77. The number of hydrogen-bond acceptors (Lipinski definition) is 7. The van der Waals surface area contributed by atoms with Crippen LogP contribution in [0.1, 0.15) is 113 Å². The summed E-state index contributed by atoms with van der Waals surface area (Å²) in [4.78, 5) is 41.4. The molecule has 246 valence electrons. The molecule has 5 rings (SSSR count). The summed E-state index contributed by atoms with van der Waals surface area (Å²) < 4.78 is 0. The lowest BCUT2D eigenvalue weighted by molar-refractivity contribution is 0.851. The summed E-state index contributed by atoms with van der Waals surface area (Å²) in [7, 11) is 3.57. The Bertz CT molecular complexity index is 1680. The fourth-order valence-electron chi connectivity index (χ4n) is 6.82. The molecule has 0 aliphatic carbocycles. The normalized spacial score (nSPS) is 16.0. The zero-order valence-electron chi connectivity index (χ0n) is 29.2. The largest absolute Gasteiger partial charge is 0.324 e. The summed E-state index contributed by atoms with van der Waals surface area (Å²) >= 11 is 0. The second-order valence-corrected chi connectivity index (χ2v) is 12.3. The molecule has 0 unspecified atom stereocenters. The van der Waals surface area contributed by atoms with E-state index in [1.807, 2.05) is 0 Å². The number of aromatic nitrogens is 3. The standard InChI is InChI=1S/C36H52N10/c1-9-15-21-22(16-10-2)30-39-29(21)40-31-23(17-11-3)25(19-13-5)33(42-31)44-35-27(37-7)28(38-8)36(46-35)45-34-26(20-14-6)24(18-12-4)32(41-30)43-34/h42-43H,9-20H2,1-8H3,(H,39,40,41)(H,44,45,46). The van der Waals surface area contributed by atoms with Gasteiger partial charge in [-0.3, -0.25) is 9.98 Å². The highest BCUT2D eigenvalue weighted by Gasteiger charge is 2.32. The number of hydrogen-bond donors (Lipinski definition) is 4. The van der Waals surface area contributed by atoms with Gasteiger partial charge in [-0.05, 0) is 38.5 Å². The molecule has 0 radical (unpaired) electrons. The Labute approximate surface area is 273 Å². The number of aliphatic imine (C=N–C) groups is 4. The van der Waals surface area contributed by atoms with E-state index in [1.54, 1.807) is 14.1 Å². The highest BCUT2D eigenvalue weighted by atomic mass is 15.2. The SMILES string of the molecule is CCCc1c2[nH]c(c1CCC)N=c1[nH]c(c(CCC)c1CCC)=Nc1[nH]c(c(CCC)c1CCC)N=C1NC(=N2)C(=NC)C1=NC. The molecule has 4 N–H and O–H groups in total. The minimum absolute atomic E-state index is 0.642. The van der Waals surface area contributed by atoms with Crippen LogP contribution in [0.15, 0.2) is 30.0 Å². The van der Waals surface area contributed by atoms with Crippen LogP contribution in [0.3, 0.4) is 0 Å². The van der Waals surface area contributed by atoms with Gasteiger partial charge in [0.2, 0.25) is 0 Å². The molecule has 10 nitrogen and oxygen atoms in total. The van der Waals surface area contributed by atoms with Crippen LogP contribution in [0, 0.1) is 0 Å². The van der Waals surface area contributed by atoms with Crippen molar-refractivity contribution in [1.82, 2.24) is 20.3 Å². The van der Waals surface area contributed by atoms with E-state index in [0.29, 0.717) is 23.1 Å². The molecule has 3 aromatic rings. The van der Waals surface area contributed by atoms with Gasteiger partial charge in [-0.25, -0.2) is 20.0 Å². The van der Waals surface area contributed by atoms with Crippen LogP contribution in [0.4, 0.5) is 23.3 Å². The molecule has 2 aliphatic rings. The molecule has 0 atom stereocenters.